The Morgan fingerprint density at radius 2 is 1.59 bits per heavy atom. The molecule has 1 heterocycles. The lowest BCUT2D eigenvalue weighted by Gasteiger charge is -2.33. The first-order valence-electron chi connectivity index (χ1n) is 11.0. The second-order valence-electron chi connectivity index (χ2n) is 8.00. The lowest BCUT2D eigenvalue weighted by Crippen LogP contribution is -2.47. The predicted molar refractivity (Wildman–Crippen MR) is 122 cm³/mol. The van der Waals surface area contributed by atoms with Gasteiger partial charge in [-0.3, -0.25) is 19.5 Å². The molecule has 5 nitrogen and oxygen atoms in total. The maximum atomic E-state index is 15.0. The molecule has 32 heavy (non-hydrogen) atoms. The van der Waals surface area contributed by atoms with Crippen LogP contribution < -0.4 is 10.2 Å². The molecular formula is C26H26FN3O2. The Morgan fingerprint density at radius 1 is 0.906 bits per heavy atom. The van der Waals surface area contributed by atoms with E-state index in [2.05, 4.69) is 10.3 Å². The maximum absolute atomic E-state index is 15.0. The third-order valence-electron chi connectivity index (χ3n) is 5.79. The highest BCUT2D eigenvalue weighted by Gasteiger charge is 2.36. The molecule has 0 saturated heterocycles. The number of halogens is 1. The molecule has 6 heteroatoms. The molecule has 1 aromatic heterocycles. The molecule has 3 aromatic rings. The van der Waals surface area contributed by atoms with Gasteiger partial charge in [0, 0.05) is 12.2 Å². The number of anilines is 1. The lowest BCUT2D eigenvalue weighted by molar-refractivity contribution is -0.123. The van der Waals surface area contributed by atoms with Gasteiger partial charge in [-0.25, -0.2) is 4.39 Å². The topological polar surface area (TPSA) is 62.3 Å². The van der Waals surface area contributed by atoms with Crippen molar-refractivity contribution in [3.63, 3.8) is 0 Å². The van der Waals surface area contributed by atoms with Crippen molar-refractivity contribution in [1.82, 2.24) is 10.3 Å². The third-order valence-corrected chi connectivity index (χ3v) is 5.79. The summed E-state index contributed by atoms with van der Waals surface area (Å²) in [7, 11) is 0. The molecule has 164 valence electrons. The monoisotopic (exact) mass is 431 g/mol. The zero-order valence-electron chi connectivity index (χ0n) is 17.8. The minimum Gasteiger partial charge on any atom is -0.351 e. The highest BCUT2D eigenvalue weighted by molar-refractivity contribution is 6.09. The first kappa shape index (κ1) is 21.7. The van der Waals surface area contributed by atoms with Crippen LogP contribution in [0, 0.1) is 5.82 Å². The van der Waals surface area contributed by atoms with E-state index in [1.54, 1.807) is 54.6 Å². The fraction of sp³-hybridized carbons (Fsp3) is 0.269. The van der Waals surface area contributed by atoms with Crippen molar-refractivity contribution in [2.45, 2.75) is 44.2 Å². The van der Waals surface area contributed by atoms with Crippen LogP contribution in [0.2, 0.25) is 0 Å². The summed E-state index contributed by atoms with van der Waals surface area (Å²) in [5.74, 6) is -1.44. The van der Waals surface area contributed by atoms with Gasteiger partial charge >= 0.3 is 0 Å². The molecule has 1 N–H and O–H groups in total. The van der Waals surface area contributed by atoms with Gasteiger partial charge in [-0.2, -0.15) is 0 Å². The quantitative estimate of drug-likeness (QED) is 0.594. The van der Waals surface area contributed by atoms with E-state index in [0.29, 0.717) is 5.56 Å². The summed E-state index contributed by atoms with van der Waals surface area (Å²) >= 11 is 0. The van der Waals surface area contributed by atoms with E-state index >= 15 is 0 Å². The first-order valence-corrected chi connectivity index (χ1v) is 11.0. The van der Waals surface area contributed by atoms with E-state index in [9.17, 15) is 14.0 Å². The Kier molecular flexibility index (Phi) is 6.90. The fourth-order valence-corrected chi connectivity index (χ4v) is 4.21. The molecule has 1 unspecified atom stereocenters. The van der Waals surface area contributed by atoms with Gasteiger partial charge < -0.3 is 5.32 Å². The van der Waals surface area contributed by atoms with Crippen LogP contribution >= 0.6 is 0 Å². The number of para-hydroxylation sites is 1. The molecular weight excluding hydrogens is 405 g/mol. The molecule has 1 aliphatic carbocycles. The van der Waals surface area contributed by atoms with Gasteiger partial charge in [-0.15, -0.1) is 0 Å². The number of benzene rings is 2. The second-order valence-corrected chi connectivity index (χ2v) is 8.00. The summed E-state index contributed by atoms with van der Waals surface area (Å²) < 4.78 is 15.0. The molecule has 1 aliphatic rings. The van der Waals surface area contributed by atoms with Gasteiger partial charge in [-0.05, 0) is 42.7 Å². The number of carbonyl (C=O) groups excluding carboxylic acids is 2. The summed E-state index contributed by atoms with van der Waals surface area (Å²) in [4.78, 5) is 32.6. The van der Waals surface area contributed by atoms with Crippen LogP contribution in [0.1, 0.15) is 54.2 Å². The smallest absolute Gasteiger partial charge is 0.277 e. The Balaban J connectivity index is 1.80. The highest BCUT2D eigenvalue weighted by Crippen LogP contribution is 2.32. The van der Waals surface area contributed by atoms with Gasteiger partial charge in [0.15, 0.2) is 0 Å². The minimum absolute atomic E-state index is 0.0378. The van der Waals surface area contributed by atoms with Crippen molar-refractivity contribution in [1.29, 1.82) is 0 Å². The van der Waals surface area contributed by atoms with Crippen molar-refractivity contribution >= 4 is 17.5 Å². The number of aromatic nitrogens is 1. The molecule has 1 atom stereocenters. The summed E-state index contributed by atoms with van der Waals surface area (Å²) in [5, 5.41) is 3.12. The summed E-state index contributed by atoms with van der Waals surface area (Å²) in [5.41, 5.74) is 0.784. The van der Waals surface area contributed by atoms with Crippen LogP contribution in [0.25, 0.3) is 0 Å². The summed E-state index contributed by atoms with van der Waals surface area (Å²) in [6, 6.07) is 19.0. The van der Waals surface area contributed by atoms with Crippen molar-refractivity contribution in [2.75, 3.05) is 4.90 Å². The number of rotatable bonds is 6. The normalized spacial score (nSPS) is 15.0. The molecule has 2 aromatic carbocycles. The molecule has 1 fully saturated rings. The van der Waals surface area contributed by atoms with E-state index in [0.717, 1.165) is 32.1 Å². The maximum Gasteiger partial charge on any atom is 0.277 e. The van der Waals surface area contributed by atoms with Gasteiger partial charge in [0.25, 0.3) is 5.91 Å². The lowest BCUT2D eigenvalue weighted by atomic mass is 9.94. The highest BCUT2D eigenvalue weighted by atomic mass is 19.1. The number of nitrogens with one attached hydrogen (secondary N) is 1. The van der Waals surface area contributed by atoms with Crippen molar-refractivity contribution in [2.24, 2.45) is 0 Å². The molecule has 0 radical (unpaired) electrons. The fourth-order valence-electron chi connectivity index (χ4n) is 4.21. The number of hydrogen-bond donors (Lipinski definition) is 1. The molecule has 4 rings (SSSR count). The van der Waals surface area contributed by atoms with Crippen molar-refractivity contribution < 1.29 is 14.0 Å². The van der Waals surface area contributed by atoms with Gasteiger partial charge in [0.2, 0.25) is 5.91 Å². The standard InChI is InChI=1S/C26H26FN3O2/c27-21-15-7-8-17-23(21)30(26(32)22-16-9-10-18-28-22)24(19-11-3-1-4-12-19)25(31)29-20-13-5-2-6-14-20/h1,3-4,7-12,15-18,20,24H,2,5-6,13-14H2,(H,29,31). The first-order chi connectivity index (χ1) is 15.6. The minimum atomic E-state index is -1.04. The predicted octanol–water partition coefficient (Wildman–Crippen LogP) is 5.06. The zero-order valence-corrected chi connectivity index (χ0v) is 17.8. The van der Waals surface area contributed by atoms with Crippen LogP contribution in [0.15, 0.2) is 79.0 Å². The number of pyridine rings is 1. The zero-order chi connectivity index (χ0) is 22.3. The van der Waals surface area contributed by atoms with E-state index in [1.807, 2.05) is 6.07 Å². The number of hydrogen-bond acceptors (Lipinski definition) is 3. The van der Waals surface area contributed by atoms with Crippen LogP contribution in [0.5, 0.6) is 0 Å². The van der Waals surface area contributed by atoms with E-state index in [-0.39, 0.29) is 23.3 Å². The summed E-state index contributed by atoms with van der Waals surface area (Å²) in [6.45, 7) is 0. The van der Waals surface area contributed by atoms with Crippen LogP contribution in [-0.2, 0) is 4.79 Å². The van der Waals surface area contributed by atoms with Gasteiger partial charge in [0.05, 0.1) is 5.69 Å². The van der Waals surface area contributed by atoms with Crippen molar-refractivity contribution in [3.05, 3.63) is 96.1 Å². The van der Waals surface area contributed by atoms with Crippen LogP contribution in [-0.4, -0.2) is 22.8 Å². The Morgan fingerprint density at radius 3 is 2.28 bits per heavy atom. The average Bonchev–Trinajstić information content (AvgIpc) is 2.84. The Bertz CT molecular complexity index is 1050. The number of amides is 2. The van der Waals surface area contributed by atoms with Crippen LogP contribution in [0.4, 0.5) is 10.1 Å². The Hall–Kier alpha value is -3.54. The number of carbonyl (C=O) groups is 2. The van der Waals surface area contributed by atoms with E-state index < -0.39 is 17.8 Å². The Labute approximate surface area is 187 Å². The van der Waals surface area contributed by atoms with Gasteiger partial charge in [0.1, 0.15) is 17.6 Å². The average molecular weight is 432 g/mol. The van der Waals surface area contributed by atoms with Gasteiger partial charge in [-0.1, -0.05) is 67.8 Å². The summed E-state index contributed by atoms with van der Waals surface area (Å²) in [6.07, 6.45) is 6.60. The largest absolute Gasteiger partial charge is 0.351 e. The van der Waals surface area contributed by atoms with Crippen molar-refractivity contribution in [3.8, 4) is 0 Å². The molecule has 2 amide bonds. The third kappa shape index (κ3) is 4.85. The van der Waals surface area contributed by atoms with E-state index in [4.69, 9.17) is 0 Å². The van der Waals surface area contributed by atoms with E-state index in [1.165, 1.54) is 23.2 Å². The molecule has 0 spiro atoms. The SMILES string of the molecule is O=C(NC1CCCCC1)C(c1ccccc1)N(C(=O)c1ccccn1)c1ccccc1F. The van der Waals surface area contributed by atoms with Crippen LogP contribution in [0.3, 0.4) is 0 Å². The second kappa shape index (κ2) is 10.2. The number of nitrogens with zero attached hydrogens (tertiary/aromatic N) is 2. The molecule has 0 bridgehead atoms. The molecule has 1 saturated carbocycles. The molecule has 0 aliphatic heterocycles.